The number of hydrogen-bond acceptors (Lipinski definition) is 4. The SMILES string of the molecule is CN(C(=O)c1ccncc1)c1ccc(CNc2c(F)cc(C#N)cc2F)cc1. The molecule has 1 amide bonds. The van der Waals surface area contributed by atoms with Crippen LogP contribution in [-0.2, 0) is 6.54 Å². The fourth-order valence-corrected chi connectivity index (χ4v) is 2.64. The summed E-state index contributed by atoms with van der Waals surface area (Å²) in [4.78, 5) is 17.8. The summed E-state index contributed by atoms with van der Waals surface area (Å²) in [6, 6.07) is 14.0. The zero-order valence-corrected chi connectivity index (χ0v) is 15.0. The molecule has 3 rings (SSSR count). The third kappa shape index (κ3) is 4.13. The Bertz CT molecular complexity index is 1010. The number of nitrogens with zero attached hydrogens (tertiary/aromatic N) is 3. The Balaban J connectivity index is 1.68. The minimum absolute atomic E-state index is 0.0770. The van der Waals surface area contributed by atoms with Gasteiger partial charge in [-0.2, -0.15) is 5.26 Å². The molecule has 0 saturated heterocycles. The molecule has 140 valence electrons. The molecule has 0 aliphatic carbocycles. The number of carbonyl (C=O) groups excluding carboxylic acids is 1. The molecule has 0 spiro atoms. The van der Waals surface area contributed by atoms with E-state index in [1.807, 2.05) is 0 Å². The molecular weight excluding hydrogens is 362 g/mol. The first kappa shape index (κ1) is 19.0. The average Bonchev–Trinajstić information content (AvgIpc) is 2.73. The molecule has 7 heteroatoms. The molecule has 5 nitrogen and oxygen atoms in total. The van der Waals surface area contributed by atoms with Gasteiger partial charge >= 0.3 is 0 Å². The summed E-state index contributed by atoms with van der Waals surface area (Å²) in [5.41, 5.74) is 1.62. The van der Waals surface area contributed by atoms with Crippen molar-refractivity contribution in [2.75, 3.05) is 17.3 Å². The van der Waals surface area contributed by atoms with E-state index in [1.165, 1.54) is 4.90 Å². The van der Waals surface area contributed by atoms with Gasteiger partial charge in [-0.3, -0.25) is 9.78 Å². The normalized spacial score (nSPS) is 10.2. The lowest BCUT2D eigenvalue weighted by Crippen LogP contribution is -2.26. The first-order valence-corrected chi connectivity index (χ1v) is 8.39. The van der Waals surface area contributed by atoms with E-state index in [4.69, 9.17) is 5.26 Å². The van der Waals surface area contributed by atoms with Crippen LogP contribution in [0.2, 0.25) is 0 Å². The summed E-state index contributed by atoms with van der Waals surface area (Å²) in [6.45, 7) is 0.183. The molecule has 0 unspecified atom stereocenters. The molecule has 2 aromatic carbocycles. The summed E-state index contributed by atoms with van der Waals surface area (Å²) in [7, 11) is 1.66. The Morgan fingerprint density at radius 2 is 1.71 bits per heavy atom. The van der Waals surface area contributed by atoms with Crippen molar-refractivity contribution in [1.82, 2.24) is 4.98 Å². The van der Waals surface area contributed by atoms with Crippen LogP contribution in [0.15, 0.2) is 60.9 Å². The Labute approximate surface area is 160 Å². The number of hydrogen-bond donors (Lipinski definition) is 1. The Hall–Kier alpha value is -3.79. The van der Waals surface area contributed by atoms with Crippen LogP contribution < -0.4 is 10.2 Å². The van der Waals surface area contributed by atoms with Crippen LogP contribution in [0.4, 0.5) is 20.2 Å². The molecule has 0 aliphatic rings. The monoisotopic (exact) mass is 378 g/mol. The van der Waals surface area contributed by atoms with E-state index in [0.29, 0.717) is 11.3 Å². The third-order valence-electron chi connectivity index (χ3n) is 4.20. The second-order valence-electron chi connectivity index (χ2n) is 6.05. The molecule has 28 heavy (non-hydrogen) atoms. The molecule has 3 aromatic rings. The second kappa shape index (κ2) is 8.27. The smallest absolute Gasteiger partial charge is 0.258 e. The van der Waals surface area contributed by atoms with Gasteiger partial charge in [0.25, 0.3) is 5.91 Å². The van der Waals surface area contributed by atoms with Crippen LogP contribution in [0, 0.1) is 23.0 Å². The largest absolute Gasteiger partial charge is 0.376 e. The minimum atomic E-state index is -0.823. The number of carbonyl (C=O) groups is 1. The molecule has 0 bridgehead atoms. The first-order valence-electron chi connectivity index (χ1n) is 8.39. The highest BCUT2D eigenvalue weighted by Crippen LogP contribution is 2.22. The lowest BCUT2D eigenvalue weighted by molar-refractivity contribution is 0.0993. The predicted molar refractivity (Wildman–Crippen MR) is 102 cm³/mol. The number of halogens is 2. The average molecular weight is 378 g/mol. The number of aromatic nitrogens is 1. The van der Waals surface area contributed by atoms with Gasteiger partial charge in [0.05, 0.1) is 11.6 Å². The van der Waals surface area contributed by atoms with Gasteiger partial charge < -0.3 is 10.2 Å². The second-order valence-corrected chi connectivity index (χ2v) is 6.05. The van der Waals surface area contributed by atoms with Crippen molar-refractivity contribution in [3.8, 4) is 6.07 Å². The molecule has 0 radical (unpaired) electrons. The fourth-order valence-electron chi connectivity index (χ4n) is 2.64. The van der Waals surface area contributed by atoms with Gasteiger partial charge in [-0.1, -0.05) is 12.1 Å². The van der Waals surface area contributed by atoms with Gasteiger partial charge in [0.1, 0.15) is 5.69 Å². The number of benzene rings is 2. The van der Waals surface area contributed by atoms with Gasteiger partial charge in [0.2, 0.25) is 0 Å². The van der Waals surface area contributed by atoms with E-state index < -0.39 is 11.6 Å². The van der Waals surface area contributed by atoms with Crippen molar-refractivity contribution >= 4 is 17.3 Å². The third-order valence-corrected chi connectivity index (χ3v) is 4.20. The topological polar surface area (TPSA) is 69.0 Å². The lowest BCUT2D eigenvalue weighted by atomic mass is 10.1. The summed E-state index contributed by atoms with van der Waals surface area (Å²) in [5, 5.41) is 11.4. The predicted octanol–water partition coefficient (Wildman–Crippen LogP) is 4.12. The number of anilines is 2. The van der Waals surface area contributed by atoms with Crippen molar-refractivity contribution in [3.63, 3.8) is 0 Å². The van der Waals surface area contributed by atoms with Gasteiger partial charge in [-0.15, -0.1) is 0 Å². The molecular formula is C21H16F2N4O. The van der Waals surface area contributed by atoms with Crippen molar-refractivity contribution in [3.05, 3.63) is 89.2 Å². The van der Waals surface area contributed by atoms with E-state index in [-0.39, 0.29) is 23.7 Å². The van der Waals surface area contributed by atoms with Crippen molar-refractivity contribution in [2.45, 2.75) is 6.54 Å². The highest BCUT2D eigenvalue weighted by atomic mass is 19.1. The van der Waals surface area contributed by atoms with Crippen molar-refractivity contribution in [1.29, 1.82) is 5.26 Å². The van der Waals surface area contributed by atoms with E-state index in [1.54, 1.807) is 61.9 Å². The Morgan fingerprint density at radius 1 is 1.11 bits per heavy atom. The van der Waals surface area contributed by atoms with Gasteiger partial charge in [0.15, 0.2) is 11.6 Å². The van der Waals surface area contributed by atoms with Crippen LogP contribution in [0.5, 0.6) is 0 Å². The van der Waals surface area contributed by atoms with Crippen molar-refractivity contribution < 1.29 is 13.6 Å². The lowest BCUT2D eigenvalue weighted by Gasteiger charge is -2.18. The highest BCUT2D eigenvalue weighted by molar-refractivity contribution is 6.05. The number of pyridine rings is 1. The molecule has 0 atom stereocenters. The number of nitriles is 1. The molecule has 1 heterocycles. The quantitative estimate of drug-likeness (QED) is 0.725. The fraction of sp³-hybridized carbons (Fsp3) is 0.0952. The van der Waals surface area contributed by atoms with Gasteiger partial charge in [-0.05, 0) is 42.0 Å². The molecule has 0 aliphatic heterocycles. The van der Waals surface area contributed by atoms with E-state index >= 15 is 0 Å². The molecule has 0 fully saturated rings. The van der Waals surface area contributed by atoms with Crippen LogP contribution in [0.1, 0.15) is 21.5 Å². The summed E-state index contributed by atoms with van der Waals surface area (Å²) < 4.78 is 27.8. The molecule has 1 N–H and O–H groups in total. The molecule has 0 saturated carbocycles. The van der Waals surface area contributed by atoms with E-state index in [0.717, 1.165) is 17.7 Å². The van der Waals surface area contributed by atoms with Crippen LogP contribution >= 0.6 is 0 Å². The first-order chi connectivity index (χ1) is 13.5. The van der Waals surface area contributed by atoms with Crippen LogP contribution in [-0.4, -0.2) is 17.9 Å². The minimum Gasteiger partial charge on any atom is -0.376 e. The van der Waals surface area contributed by atoms with Crippen molar-refractivity contribution in [2.24, 2.45) is 0 Å². The highest BCUT2D eigenvalue weighted by Gasteiger charge is 2.14. The molecule has 1 aromatic heterocycles. The number of rotatable bonds is 5. The van der Waals surface area contributed by atoms with Gasteiger partial charge in [-0.25, -0.2) is 8.78 Å². The maximum absolute atomic E-state index is 13.9. The van der Waals surface area contributed by atoms with E-state index in [9.17, 15) is 13.6 Å². The summed E-state index contributed by atoms with van der Waals surface area (Å²) in [5.74, 6) is -1.82. The number of amides is 1. The van der Waals surface area contributed by atoms with Crippen LogP contribution in [0.25, 0.3) is 0 Å². The maximum Gasteiger partial charge on any atom is 0.258 e. The number of nitrogens with one attached hydrogen (secondary N) is 1. The Morgan fingerprint density at radius 3 is 2.29 bits per heavy atom. The van der Waals surface area contributed by atoms with E-state index in [2.05, 4.69) is 10.3 Å². The maximum atomic E-state index is 13.9. The summed E-state index contributed by atoms with van der Waals surface area (Å²) >= 11 is 0. The zero-order chi connectivity index (χ0) is 20.1. The van der Waals surface area contributed by atoms with Crippen LogP contribution in [0.3, 0.4) is 0 Å². The van der Waals surface area contributed by atoms with Gasteiger partial charge in [0, 0.05) is 37.2 Å². The standard InChI is InChI=1S/C21H16F2N4O/c1-27(21(28)16-6-8-25-9-7-16)17-4-2-14(3-5-17)13-26-20-18(22)10-15(12-24)11-19(20)23/h2-11,26H,13H2,1H3. The zero-order valence-electron chi connectivity index (χ0n) is 15.0. The summed E-state index contributed by atoms with van der Waals surface area (Å²) in [6.07, 6.45) is 3.11. The Kier molecular flexibility index (Phi) is 5.61.